The number of aliphatic hydroxyl groups is 1. The van der Waals surface area contributed by atoms with Crippen molar-refractivity contribution in [1.29, 1.82) is 0 Å². The summed E-state index contributed by atoms with van der Waals surface area (Å²) in [6.45, 7) is 6.45. The fourth-order valence-electron chi connectivity index (χ4n) is 0.731. The Morgan fingerprint density at radius 2 is 1.64 bits per heavy atom. The Bertz CT molecular complexity index is 145. The molecule has 1 N–H and O–H groups in total. The van der Waals surface area contributed by atoms with Gasteiger partial charge in [0.2, 0.25) is 0 Å². The molecule has 0 unspecified atom stereocenters. The molecular weight excluding hydrogens is 184 g/mol. The molecule has 0 amide bonds. The van der Waals surface area contributed by atoms with Gasteiger partial charge in [0.05, 0.1) is 38.8 Å². The van der Waals surface area contributed by atoms with Gasteiger partial charge in [0.25, 0.3) is 0 Å². The van der Waals surface area contributed by atoms with Gasteiger partial charge in [-0.25, -0.2) is 0 Å². The number of allylic oxidation sites excluding steroid dienone is 2. The van der Waals surface area contributed by atoms with Gasteiger partial charge < -0.3 is 19.3 Å². The average molecular weight is 204 g/mol. The second kappa shape index (κ2) is 10.5. The number of rotatable bonds is 9. The van der Waals surface area contributed by atoms with Gasteiger partial charge in [0, 0.05) is 0 Å². The van der Waals surface area contributed by atoms with Crippen molar-refractivity contribution >= 4 is 0 Å². The maximum atomic E-state index is 8.40. The standard InChI is InChI=1S/C10H20O4/c1-3-10(2)14-9-8-13-7-6-12-5-4-11/h3,11H,4-9H2,1-2H3. The van der Waals surface area contributed by atoms with Crippen LogP contribution in [0.1, 0.15) is 13.8 Å². The normalized spacial score (nSPS) is 11.8. The van der Waals surface area contributed by atoms with Gasteiger partial charge >= 0.3 is 0 Å². The maximum Gasteiger partial charge on any atom is 0.111 e. The zero-order chi connectivity index (χ0) is 10.6. The number of hydrogen-bond donors (Lipinski definition) is 1. The van der Waals surface area contributed by atoms with Crippen molar-refractivity contribution in [3.05, 3.63) is 11.8 Å². The Kier molecular flexibility index (Phi) is 10.1. The minimum Gasteiger partial charge on any atom is -0.496 e. The minimum absolute atomic E-state index is 0.0591. The molecule has 0 bridgehead atoms. The van der Waals surface area contributed by atoms with E-state index in [9.17, 15) is 0 Å². The molecule has 0 aromatic rings. The summed E-state index contributed by atoms with van der Waals surface area (Å²) in [6.07, 6.45) is 1.91. The first kappa shape index (κ1) is 13.4. The van der Waals surface area contributed by atoms with E-state index in [4.69, 9.17) is 19.3 Å². The molecule has 0 rings (SSSR count). The predicted molar refractivity (Wildman–Crippen MR) is 54.1 cm³/mol. The Morgan fingerprint density at radius 3 is 2.21 bits per heavy atom. The maximum absolute atomic E-state index is 8.40. The van der Waals surface area contributed by atoms with Crippen LogP contribution in [0.2, 0.25) is 0 Å². The van der Waals surface area contributed by atoms with Crippen molar-refractivity contribution in [3.63, 3.8) is 0 Å². The zero-order valence-electron chi connectivity index (χ0n) is 8.99. The second-order valence-electron chi connectivity index (χ2n) is 2.70. The summed E-state index contributed by atoms with van der Waals surface area (Å²) in [6, 6.07) is 0. The van der Waals surface area contributed by atoms with E-state index < -0.39 is 0 Å². The summed E-state index contributed by atoms with van der Waals surface area (Å²) in [7, 11) is 0. The molecule has 0 radical (unpaired) electrons. The molecule has 4 nitrogen and oxygen atoms in total. The SMILES string of the molecule is CC=C(C)OCCOCCOCCO. The summed E-state index contributed by atoms with van der Waals surface area (Å²) in [4.78, 5) is 0. The van der Waals surface area contributed by atoms with E-state index in [1.807, 2.05) is 19.9 Å². The summed E-state index contributed by atoms with van der Waals surface area (Å²) in [5, 5.41) is 8.40. The first-order chi connectivity index (χ1) is 6.81. The molecule has 0 aromatic carbocycles. The van der Waals surface area contributed by atoms with Gasteiger partial charge in [0.1, 0.15) is 6.61 Å². The first-order valence-electron chi connectivity index (χ1n) is 4.83. The number of ether oxygens (including phenoxy) is 3. The largest absolute Gasteiger partial charge is 0.496 e. The molecule has 0 fully saturated rings. The summed E-state index contributed by atoms with van der Waals surface area (Å²) >= 11 is 0. The Morgan fingerprint density at radius 1 is 1.07 bits per heavy atom. The molecule has 0 heterocycles. The van der Waals surface area contributed by atoms with Crippen LogP contribution < -0.4 is 0 Å². The lowest BCUT2D eigenvalue weighted by Gasteiger charge is -2.07. The van der Waals surface area contributed by atoms with Crippen LogP contribution in [0.25, 0.3) is 0 Å². The van der Waals surface area contributed by atoms with E-state index in [-0.39, 0.29) is 6.61 Å². The van der Waals surface area contributed by atoms with Gasteiger partial charge in [-0.3, -0.25) is 0 Å². The van der Waals surface area contributed by atoms with Gasteiger partial charge in [0.15, 0.2) is 0 Å². The highest BCUT2D eigenvalue weighted by Crippen LogP contribution is 1.93. The molecule has 4 heteroatoms. The predicted octanol–water partition coefficient (Wildman–Crippen LogP) is 0.952. The Labute approximate surface area is 85.5 Å². The molecule has 84 valence electrons. The molecule has 0 spiro atoms. The molecule has 0 aromatic heterocycles. The molecule has 0 saturated carbocycles. The van der Waals surface area contributed by atoms with Crippen LogP contribution in [0.4, 0.5) is 0 Å². The van der Waals surface area contributed by atoms with E-state index >= 15 is 0 Å². The van der Waals surface area contributed by atoms with Crippen molar-refractivity contribution in [2.24, 2.45) is 0 Å². The lowest BCUT2D eigenvalue weighted by atomic mass is 10.5. The van der Waals surface area contributed by atoms with Crippen LogP contribution in [-0.4, -0.2) is 44.7 Å². The average Bonchev–Trinajstić information content (AvgIpc) is 2.21. The van der Waals surface area contributed by atoms with Crippen molar-refractivity contribution in [1.82, 2.24) is 0 Å². The lowest BCUT2D eigenvalue weighted by Crippen LogP contribution is -2.10. The van der Waals surface area contributed by atoms with Gasteiger partial charge in [-0.15, -0.1) is 0 Å². The van der Waals surface area contributed by atoms with Crippen molar-refractivity contribution < 1.29 is 19.3 Å². The Balaban J connectivity index is 2.99. The molecule has 0 aliphatic carbocycles. The van der Waals surface area contributed by atoms with Crippen LogP contribution in [-0.2, 0) is 14.2 Å². The summed E-state index contributed by atoms with van der Waals surface area (Å²) in [5.41, 5.74) is 0. The van der Waals surface area contributed by atoms with Crippen molar-refractivity contribution in [2.45, 2.75) is 13.8 Å². The van der Waals surface area contributed by atoms with Gasteiger partial charge in [-0.05, 0) is 13.8 Å². The van der Waals surface area contributed by atoms with Crippen LogP contribution in [0, 0.1) is 0 Å². The fourth-order valence-corrected chi connectivity index (χ4v) is 0.731. The first-order valence-corrected chi connectivity index (χ1v) is 4.83. The van der Waals surface area contributed by atoms with E-state index in [1.54, 1.807) is 0 Å². The third-order valence-electron chi connectivity index (χ3n) is 1.57. The molecule has 14 heavy (non-hydrogen) atoms. The van der Waals surface area contributed by atoms with Crippen molar-refractivity contribution in [3.8, 4) is 0 Å². The third-order valence-corrected chi connectivity index (χ3v) is 1.57. The quantitative estimate of drug-likeness (QED) is 0.449. The van der Waals surface area contributed by atoms with Crippen LogP contribution in [0.15, 0.2) is 11.8 Å². The smallest absolute Gasteiger partial charge is 0.111 e. The highest BCUT2D eigenvalue weighted by molar-refractivity contribution is 4.83. The monoisotopic (exact) mass is 204 g/mol. The topological polar surface area (TPSA) is 47.9 Å². The van der Waals surface area contributed by atoms with E-state index in [2.05, 4.69) is 0 Å². The van der Waals surface area contributed by atoms with E-state index in [0.29, 0.717) is 33.0 Å². The third kappa shape index (κ3) is 9.51. The van der Waals surface area contributed by atoms with Crippen LogP contribution >= 0.6 is 0 Å². The highest BCUT2D eigenvalue weighted by atomic mass is 16.5. The van der Waals surface area contributed by atoms with Gasteiger partial charge in [-0.2, -0.15) is 0 Å². The van der Waals surface area contributed by atoms with E-state index in [1.165, 1.54) is 0 Å². The van der Waals surface area contributed by atoms with E-state index in [0.717, 1.165) is 5.76 Å². The second-order valence-corrected chi connectivity index (χ2v) is 2.70. The molecule has 0 atom stereocenters. The molecule has 0 aliphatic rings. The number of aliphatic hydroxyl groups excluding tert-OH is 1. The molecule has 0 aliphatic heterocycles. The zero-order valence-corrected chi connectivity index (χ0v) is 8.99. The fraction of sp³-hybridized carbons (Fsp3) is 0.800. The number of hydrogen-bond acceptors (Lipinski definition) is 4. The van der Waals surface area contributed by atoms with Crippen molar-refractivity contribution in [2.75, 3.05) is 39.6 Å². The van der Waals surface area contributed by atoms with Crippen LogP contribution in [0.5, 0.6) is 0 Å². The van der Waals surface area contributed by atoms with Gasteiger partial charge in [-0.1, -0.05) is 6.08 Å². The molecule has 0 saturated heterocycles. The summed E-state index contributed by atoms with van der Waals surface area (Å²) in [5.74, 6) is 0.908. The Hall–Kier alpha value is -0.580. The molecular formula is C10H20O4. The van der Waals surface area contributed by atoms with Crippen LogP contribution in [0.3, 0.4) is 0 Å². The minimum atomic E-state index is 0.0591. The summed E-state index contributed by atoms with van der Waals surface area (Å²) < 4.78 is 15.5. The lowest BCUT2D eigenvalue weighted by molar-refractivity contribution is 0.0177. The highest BCUT2D eigenvalue weighted by Gasteiger charge is 1.91.